The molecule has 1 aromatic carbocycles. The van der Waals surface area contributed by atoms with Gasteiger partial charge in [-0.1, -0.05) is 17.7 Å². The molecule has 1 N–H and O–H groups in total. The number of methoxy groups -OCH3 is 1. The Labute approximate surface area is 130 Å². The molecule has 0 aliphatic rings. The number of hydrogen-bond acceptors (Lipinski definition) is 3. The zero-order valence-corrected chi connectivity index (χ0v) is 13.4. The quantitative estimate of drug-likeness (QED) is 0.785. The number of aryl methyl sites for hydroxylation is 1. The van der Waals surface area contributed by atoms with Gasteiger partial charge in [0.25, 0.3) is 0 Å². The molecule has 0 heterocycles. The minimum Gasteiger partial charge on any atom is -0.385 e. The van der Waals surface area contributed by atoms with Gasteiger partial charge in [-0.3, -0.25) is 9.59 Å². The van der Waals surface area contributed by atoms with Gasteiger partial charge in [0, 0.05) is 37.9 Å². The van der Waals surface area contributed by atoms with Gasteiger partial charge in [0.2, 0.25) is 11.8 Å². The summed E-state index contributed by atoms with van der Waals surface area (Å²) in [6.07, 6.45) is 0.735. The van der Waals surface area contributed by atoms with Crippen LogP contribution < -0.4 is 10.2 Å². The molecule has 0 aliphatic heterocycles. The highest BCUT2D eigenvalue weighted by atomic mass is 35.5. The number of ether oxygens (including phenoxy) is 1. The fourth-order valence-electron chi connectivity index (χ4n) is 1.78. The Kier molecular flexibility index (Phi) is 7.19. The number of benzene rings is 1. The van der Waals surface area contributed by atoms with E-state index in [1.54, 1.807) is 19.2 Å². The van der Waals surface area contributed by atoms with E-state index in [0.717, 1.165) is 12.0 Å². The van der Waals surface area contributed by atoms with Crippen LogP contribution >= 0.6 is 11.6 Å². The van der Waals surface area contributed by atoms with Crippen LogP contribution in [0.5, 0.6) is 0 Å². The van der Waals surface area contributed by atoms with E-state index >= 15 is 0 Å². The lowest BCUT2D eigenvalue weighted by molar-refractivity contribution is -0.123. The molecule has 2 amide bonds. The largest absolute Gasteiger partial charge is 0.385 e. The second kappa shape index (κ2) is 8.64. The molecule has 5 nitrogen and oxygen atoms in total. The lowest BCUT2D eigenvalue weighted by Gasteiger charge is -2.21. The number of amides is 2. The van der Waals surface area contributed by atoms with Gasteiger partial charge in [-0.2, -0.15) is 0 Å². The van der Waals surface area contributed by atoms with E-state index in [-0.39, 0.29) is 18.4 Å². The molecule has 1 aromatic rings. The molecule has 0 unspecified atom stereocenters. The van der Waals surface area contributed by atoms with Crippen LogP contribution in [0.25, 0.3) is 0 Å². The second-order valence-electron chi connectivity index (χ2n) is 4.73. The zero-order valence-electron chi connectivity index (χ0n) is 12.6. The van der Waals surface area contributed by atoms with E-state index in [9.17, 15) is 9.59 Å². The predicted molar refractivity (Wildman–Crippen MR) is 83.7 cm³/mol. The average Bonchev–Trinajstić information content (AvgIpc) is 2.44. The molecule has 0 aromatic heterocycles. The lowest BCUT2D eigenvalue weighted by Crippen LogP contribution is -2.40. The summed E-state index contributed by atoms with van der Waals surface area (Å²) in [6.45, 7) is 4.39. The molecule has 0 fully saturated rings. The van der Waals surface area contributed by atoms with Crippen molar-refractivity contribution in [2.24, 2.45) is 0 Å². The molecular formula is C15H21ClN2O3. The van der Waals surface area contributed by atoms with Crippen molar-refractivity contribution >= 4 is 29.1 Å². The molecule has 0 bridgehead atoms. The maximum Gasteiger partial charge on any atom is 0.240 e. The van der Waals surface area contributed by atoms with Crippen LogP contribution in [0.15, 0.2) is 18.2 Å². The van der Waals surface area contributed by atoms with Gasteiger partial charge in [-0.15, -0.1) is 0 Å². The highest BCUT2D eigenvalue weighted by Crippen LogP contribution is 2.23. The Morgan fingerprint density at radius 3 is 2.67 bits per heavy atom. The Balaban J connectivity index is 2.67. The first-order valence-electron chi connectivity index (χ1n) is 6.75. The third kappa shape index (κ3) is 5.73. The van der Waals surface area contributed by atoms with Crippen molar-refractivity contribution in [3.63, 3.8) is 0 Å². The highest BCUT2D eigenvalue weighted by Gasteiger charge is 2.16. The summed E-state index contributed by atoms with van der Waals surface area (Å²) < 4.78 is 4.91. The van der Waals surface area contributed by atoms with Crippen LogP contribution in [-0.2, 0) is 14.3 Å². The molecule has 0 saturated carbocycles. The number of hydrogen-bond donors (Lipinski definition) is 1. The van der Waals surface area contributed by atoms with Crippen LogP contribution in [0, 0.1) is 6.92 Å². The van der Waals surface area contributed by atoms with Gasteiger partial charge >= 0.3 is 0 Å². The maximum atomic E-state index is 11.9. The van der Waals surface area contributed by atoms with Crippen molar-refractivity contribution in [1.29, 1.82) is 0 Å². The third-order valence-corrected chi connectivity index (χ3v) is 3.40. The van der Waals surface area contributed by atoms with E-state index in [1.165, 1.54) is 11.8 Å². The van der Waals surface area contributed by atoms with Crippen LogP contribution in [0.2, 0.25) is 5.02 Å². The van der Waals surface area contributed by atoms with E-state index in [0.29, 0.717) is 23.9 Å². The monoisotopic (exact) mass is 312 g/mol. The van der Waals surface area contributed by atoms with Crippen LogP contribution in [-0.4, -0.2) is 38.6 Å². The fourth-order valence-corrected chi connectivity index (χ4v) is 1.95. The van der Waals surface area contributed by atoms with E-state index in [1.807, 2.05) is 13.0 Å². The second-order valence-corrected chi connectivity index (χ2v) is 5.14. The van der Waals surface area contributed by atoms with Crippen molar-refractivity contribution in [3.05, 3.63) is 28.8 Å². The van der Waals surface area contributed by atoms with Crippen molar-refractivity contribution < 1.29 is 14.3 Å². The van der Waals surface area contributed by atoms with Crippen LogP contribution in [0.3, 0.4) is 0 Å². The number of carbonyl (C=O) groups excluding carboxylic acids is 2. The normalized spacial score (nSPS) is 10.3. The Morgan fingerprint density at radius 1 is 1.38 bits per heavy atom. The van der Waals surface area contributed by atoms with Crippen molar-refractivity contribution in [3.8, 4) is 0 Å². The van der Waals surface area contributed by atoms with E-state index in [4.69, 9.17) is 16.3 Å². The number of carbonyl (C=O) groups is 2. The van der Waals surface area contributed by atoms with Crippen LogP contribution in [0.1, 0.15) is 18.9 Å². The van der Waals surface area contributed by atoms with Crippen molar-refractivity contribution in [2.75, 3.05) is 31.7 Å². The molecule has 0 aliphatic carbocycles. The lowest BCUT2D eigenvalue weighted by atomic mass is 10.2. The van der Waals surface area contributed by atoms with Crippen LogP contribution in [0.4, 0.5) is 5.69 Å². The molecule has 0 saturated heterocycles. The topological polar surface area (TPSA) is 58.6 Å². The number of anilines is 1. The third-order valence-electron chi connectivity index (χ3n) is 3.00. The van der Waals surface area contributed by atoms with Crippen molar-refractivity contribution in [2.45, 2.75) is 20.3 Å². The Hall–Kier alpha value is -1.59. The first-order chi connectivity index (χ1) is 9.95. The SMILES string of the molecule is COCCCNC(=O)CN(C(C)=O)c1ccc(C)c(Cl)c1. The Bertz CT molecular complexity index is 506. The first-order valence-corrected chi connectivity index (χ1v) is 7.13. The summed E-state index contributed by atoms with van der Waals surface area (Å²) in [4.78, 5) is 25.0. The van der Waals surface area contributed by atoms with Gasteiger partial charge in [0.1, 0.15) is 6.54 Å². The smallest absolute Gasteiger partial charge is 0.240 e. The summed E-state index contributed by atoms with van der Waals surface area (Å²) in [5.41, 5.74) is 1.54. The number of rotatable bonds is 7. The summed E-state index contributed by atoms with van der Waals surface area (Å²) in [7, 11) is 1.61. The van der Waals surface area contributed by atoms with Gasteiger partial charge in [0.05, 0.1) is 0 Å². The van der Waals surface area contributed by atoms with Gasteiger partial charge in [0.15, 0.2) is 0 Å². The highest BCUT2D eigenvalue weighted by molar-refractivity contribution is 6.31. The average molecular weight is 313 g/mol. The molecule has 0 spiro atoms. The van der Waals surface area contributed by atoms with Gasteiger partial charge in [-0.25, -0.2) is 0 Å². The van der Waals surface area contributed by atoms with Crippen molar-refractivity contribution in [1.82, 2.24) is 5.32 Å². The molecule has 0 radical (unpaired) electrons. The van der Waals surface area contributed by atoms with Gasteiger partial charge < -0.3 is 15.0 Å². The summed E-state index contributed by atoms with van der Waals surface area (Å²) in [5.74, 6) is -0.417. The van der Waals surface area contributed by atoms with E-state index in [2.05, 4.69) is 5.32 Å². The minimum atomic E-state index is -0.210. The molecule has 0 atom stereocenters. The Morgan fingerprint density at radius 2 is 2.10 bits per heavy atom. The molecule has 116 valence electrons. The van der Waals surface area contributed by atoms with Gasteiger partial charge in [-0.05, 0) is 31.0 Å². The summed E-state index contributed by atoms with van der Waals surface area (Å²) in [5, 5.41) is 3.32. The molecule has 1 rings (SSSR count). The first kappa shape index (κ1) is 17.5. The number of nitrogens with zero attached hydrogens (tertiary/aromatic N) is 1. The number of nitrogens with one attached hydrogen (secondary N) is 1. The summed E-state index contributed by atoms with van der Waals surface area (Å²) in [6, 6.07) is 5.29. The predicted octanol–water partition coefficient (Wildman–Crippen LogP) is 2.15. The number of halogens is 1. The standard InChI is InChI=1S/C15H21ClN2O3/c1-11-5-6-13(9-14(11)16)18(12(2)19)10-15(20)17-7-4-8-21-3/h5-6,9H,4,7-8,10H2,1-3H3,(H,17,20). The molecule has 6 heteroatoms. The molecule has 21 heavy (non-hydrogen) atoms. The summed E-state index contributed by atoms with van der Waals surface area (Å²) >= 11 is 6.07. The fraction of sp³-hybridized carbons (Fsp3) is 0.467. The van der Waals surface area contributed by atoms with E-state index < -0.39 is 0 Å². The maximum absolute atomic E-state index is 11.9. The molecular weight excluding hydrogens is 292 g/mol. The minimum absolute atomic E-state index is 0.0261. The zero-order chi connectivity index (χ0) is 15.8.